The number of rotatable bonds is 8. The van der Waals surface area contributed by atoms with Crippen LogP contribution < -0.4 is 5.32 Å². The van der Waals surface area contributed by atoms with Gasteiger partial charge in [-0.3, -0.25) is 9.69 Å². The molecule has 38 heavy (non-hydrogen) atoms. The first-order chi connectivity index (χ1) is 18.2. The zero-order chi connectivity index (χ0) is 26.9. The minimum Gasteiger partial charge on any atom is -0.338 e. The molecule has 2 aromatic carbocycles. The van der Waals surface area contributed by atoms with Crippen molar-refractivity contribution in [2.45, 2.75) is 62.9 Å². The van der Waals surface area contributed by atoms with Crippen LogP contribution in [-0.4, -0.2) is 69.1 Å². The van der Waals surface area contributed by atoms with E-state index in [4.69, 9.17) is 0 Å². The highest BCUT2D eigenvalue weighted by Gasteiger charge is 2.49. The summed E-state index contributed by atoms with van der Waals surface area (Å²) in [5.74, 6) is 2.04. The van der Waals surface area contributed by atoms with Crippen molar-refractivity contribution in [1.29, 1.82) is 0 Å². The highest BCUT2D eigenvalue weighted by molar-refractivity contribution is 7.90. The summed E-state index contributed by atoms with van der Waals surface area (Å²) in [4.78, 5) is 18.7. The standard InChI is InChI=1S/C31H43N3O3S/c1-23(2)19-29(28-21-32-20-27(28)25-7-5-4-6-8-25)33-16-13-31(14-17-33)15-18-34(30(31)35)22-24-9-11-26(12-10-24)38(3,36)37/h4-12,23,27-29,32H,13-22H2,1-3H3/t27-,28-,29?/m1/s1. The van der Waals surface area contributed by atoms with Crippen LogP contribution in [0.15, 0.2) is 59.5 Å². The van der Waals surface area contributed by atoms with E-state index in [1.807, 2.05) is 17.0 Å². The van der Waals surface area contributed by atoms with Gasteiger partial charge in [-0.25, -0.2) is 8.42 Å². The van der Waals surface area contributed by atoms with E-state index in [1.54, 1.807) is 12.1 Å². The normalized spacial score (nSPS) is 24.9. The van der Waals surface area contributed by atoms with E-state index in [1.165, 1.54) is 18.2 Å². The maximum atomic E-state index is 13.7. The van der Waals surface area contributed by atoms with Gasteiger partial charge in [-0.2, -0.15) is 0 Å². The molecule has 1 unspecified atom stereocenters. The van der Waals surface area contributed by atoms with Gasteiger partial charge >= 0.3 is 0 Å². The molecule has 3 aliphatic rings. The molecule has 2 aromatic rings. The third-order valence-corrected chi connectivity index (χ3v) is 10.4. The Hall–Kier alpha value is -2.22. The average molecular weight is 538 g/mol. The maximum Gasteiger partial charge on any atom is 0.229 e. The summed E-state index contributed by atoms with van der Waals surface area (Å²) in [6.45, 7) is 10.1. The Bertz CT molecular complexity index is 1200. The number of hydrogen-bond acceptors (Lipinski definition) is 5. The summed E-state index contributed by atoms with van der Waals surface area (Å²) >= 11 is 0. The second kappa shape index (κ2) is 11.1. The molecular formula is C31H43N3O3S. The van der Waals surface area contributed by atoms with Crippen LogP contribution in [0.1, 0.15) is 56.6 Å². The molecule has 0 aliphatic carbocycles. The number of nitrogens with one attached hydrogen (secondary N) is 1. The number of carbonyl (C=O) groups is 1. The summed E-state index contributed by atoms with van der Waals surface area (Å²) in [5.41, 5.74) is 2.19. The Morgan fingerprint density at radius 1 is 0.947 bits per heavy atom. The number of benzene rings is 2. The summed E-state index contributed by atoms with van der Waals surface area (Å²) < 4.78 is 23.6. The molecular weight excluding hydrogens is 494 g/mol. The monoisotopic (exact) mass is 537 g/mol. The quantitative estimate of drug-likeness (QED) is 0.543. The molecule has 1 spiro atoms. The first-order valence-corrected chi connectivity index (χ1v) is 16.1. The number of amides is 1. The van der Waals surface area contributed by atoms with Gasteiger partial charge in [0.2, 0.25) is 5.91 Å². The molecule has 3 heterocycles. The average Bonchev–Trinajstić information content (AvgIpc) is 3.50. The minimum absolute atomic E-state index is 0.238. The largest absolute Gasteiger partial charge is 0.338 e. The summed E-state index contributed by atoms with van der Waals surface area (Å²) in [5, 5.41) is 3.69. The maximum absolute atomic E-state index is 13.7. The van der Waals surface area contributed by atoms with Gasteiger partial charge in [-0.15, -0.1) is 0 Å². The van der Waals surface area contributed by atoms with Gasteiger partial charge in [0.25, 0.3) is 0 Å². The van der Waals surface area contributed by atoms with Crippen LogP contribution in [0.5, 0.6) is 0 Å². The van der Waals surface area contributed by atoms with Crippen LogP contribution >= 0.6 is 0 Å². The SMILES string of the molecule is CC(C)CC([C@@H]1CNC[C@@H]1c1ccccc1)N1CCC2(CCN(Cc3ccc(S(C)(=O)=O)cc3)C2=O)CC1. The predicted octanol–water partition coefficient (Wildman–Crippen LogP) is 4.32. The fraction of sp³-hybridized carbons (Fsp3) is 0.581. The van der Waals surface area contributed by atoms with E-state index in [-0.39, 0.29) is 11.3 Å². The number of piperidine rings is 1. The highest BCUT2D eigenvalue weighted by atomic mass is 32.2. The van der Waals surface area contributed by atoms with Crippen molar-refractivity contribution in [3.63, 3.8) is 0 Å². The zero-order valence-corrected chi connectivity index (χ0v) is 23.9. The predicted molar refractivity (Wildman–Crippen MR) is 152 cm³/mol. The van der Waals surface area contributed by atoms with Crippen LogP contribution in [0, 0.1) is 17.3 Å². The van der Waals surface area contributed by atoms with E-state index >= 15 is 0 Å². The second-order valence-electron chi connectivity index (χ2n) is 12.2. The summed E-state index contributed by atoms with van der Waals surface area (Å²) in [6, 6.07) is 18.5. The van der Waals surface area contributed by atoms with Crippen molar-refractivity contribution in [2.75, 3.05) is 39.0 Å². The molecule has 0 radical (unpaired) electrons. The molecule has 0 saturated carbocycles. The number of carbonyl (C=O) groups excluding carboxylic acids is 1. The smallest absolute Gasteiger partial charge is 0.229 e. The molecule has 1 amide bonds. The van der Waals surface area contributed by atoms with Gasteiger partial charge < -0.3 is 10.2 Å². The Kier molecular flexibility index (Phi) is 7.99. The van der Waals surface area contributed by atoms with E-state index in [9.17, 15) is 13.2 Å². The van der Waals surface area contributed by atoms with Gasteiger partial charge in [-0.05, 0) is 73.9 Å². The lowest BCUT2D eigenvalue weighted by Crippen LogP contribution is -2.51. The number of sulfone groups is 1. The fourth-order valence-electron chi connectivity index (χ4n) is 7.10. The van der Waals surface area contributed by atoms with Crippen LogP contribution in [0.4, 0.5) is 0 Å². The first-order valence-electron chi connectivity index (χ1n) is 14.2. The van der Waals surface area contributed by atoms with E-state index < -0.39 is 9.84 Å². The first kappa shape index (κ1) is 27.4. The highest BCUT2D eigenvalue weighted by Crippen LogP contribution is 2.44. The molecule has 7 heteroatoms. The molecule has 1 N–H and O–H groups in total. The third-order valence-electron chi connectivity index (χ3n) is 9.25. The number of likely N-dealkylation sites (tertiary alicyclic amines) is 2. The van der Waals surface area contributed by atoms with Gasteiger partial charge in [0.05, 0.1) is 10.3 Å². The van der Waals surface area contributed by atoms with E-state index in [0.717, 1.165) is 57.5 Å². The lowest BCUT2D eigenvalue weighted by Gasteiger charge is -2.45. The minimum atomic E-state index is -3.21. The number of hydrogen-bond donors (Lipinski definition) is 1. The second-order valence-corrected chi connectivity index (χ2v) is 14.3. The van der Waals surface area contributed by atoms with Crippen LogP contribution in [0.2, 0.25) is 0 Å². The van der Waals surface area contributed by atoms with E-state index in [2.05, 4.69) is 54.4 Å². The van der Waals surface area contributed by atoms with Crippen molar-refractivity contribution < 1.29 is 13.2 Å². The van der Waals surface area contributed by atoms with Crippen LogP contribution in [0.25, 0.3) is 0 Å². The number of nitrogens with zero attached hydrogens (tertiary/aromatic N) is 2. The van der Waals surface area contributed by atoms with Crippen molar-refractivity contribution in [1.82, 2.24) is 15.1 Å². The molecule has 0 bridgehead atoms. The molecule has 206 valence electrons. The molecule has 3 aliphatic heterocycles. The van der Waals surface area contributed by atoms with Crippen molar-refractivity contribution in [2.24, 2.45) is 17.3 Å². The van der Waals surface area contributed by atoms with Crippen molar-refractivity contribution >= 4 is 15.7 Å². The fourth-order valence-corrected chi connectivity index (χ4v) is 7.73. The summed E-state index contributed by atoms with van der Waals surface area (Å²) in [7, 11) is -3.21. The summed E-state index contributed by atoms with van der Waals surface area (Å²) in [6.07, 6.45) is 5.19. The third kappa shape index (κ3) is 5.70. The van der Waals surface area contributed by atoms with Gasteiger partial charge in [0, 0.05) is 44.4 Å². The Labute approximate surface area is 228 Å². The molecule has 3 atom stereocenters. The van der Waals surface area contributed by atoms with Gasteiger partial charge in [-0.1, -0.05) is 56.3 Å². The van der Waals surface area contributed by atoms with Gasteiger partial charge in [0.1, 0.15) is 0 Å². The topological polar surface area (TPSA) is 69.7 Å². The van der Waals surface area contributed by atoms with Gasteiger partial charge in [0.15, 0.2) is 9.84 Å². The van der Waals surface area contributed by atoms with Crippen LogP contribution in [-0.2, 0) is 21.2 Å². The zero-order valence-electron chi connectivity index (χ0n) is 23.1. The Morgan fingerprint density at radius 3 is 2.24 bits per heavy atom. The molecule has 0 aromatic heterocycles. The molecule has 6 nitrogen and oxygen atoms in total. The van der Waals surface area contributed by atoms with Crippen molar-refractivity contribution in [3.05, 3.63) is 65.7 Å². The van der Waals surface area contributed by atoms with E-state index in [0.29, 0.717) is 35.2 Å². The molecule has 5 rings (SSSR count). The lowest BCUT2D eigenvalue weighted by molar-refractivity contribution is -0.139. The Balaban J connectivity index is 1.24. The van der Waals surface area contributed by atoms with Crippen molar-refractivity contribution in [3.8, 4) is 0 Å². The van der Waals surface area contributed by atoms with Crippen LogP contribution in [0.3, 0.4) is 0 Å². The molecule has 3 saturated heterocycles. The molecule has 3 fully saturated rings. The Morgan fingerprint density at radius 2 is 1.61 bits per heavy atom. The lowest BCUT2D eigenvalue weighted by atomic mass is 9.74.